The summed E-state index contributed by atoms with van der Waals surface area (Å²) in [6.07, 6.45) is -0.359. The number of ether oxygens (including phenoxy) is 2. The topological polar surface area (TPSA) is 76.5 Å². The second kappa shape index (κ2) is 3.17. The van der Waals surface area contributed by atoms with Gasteiger partial charge >= 0.3 is 11.9 Å². The predicted molar refractivity (Wildman–Crippen MR) is 38.7 cm³/mol. The van der Waals surface area contributed by atoms with Gasteiger partial charge in [-0.15, -0.1) is 0 Å². The highest BCUT2D eigenvalue weighted by atomic mass is 16.6. The van der Waals surface area contributed by atoms with Gasteiger partial charge in [-0.2, -0.15) is 0 Å². The van der Waals surface area contributed by atoms with Crippen LogP contribution in [0.5, 0.6) is 0 Å². The number of cyclic esters (lactones) is 2. The SMILES string of the molecule is C=CC1OC(=O)C(C=N)OC1=O. The first-order chi connectivity index (χ1) is 5.69. The number of carbonyl (C=O) groups excluding carboxylic acids is 2. The quantitative estimate of drug-likeness (QED) is 0.348. The Labute approximate surface area is 68.5 Å². The number of nitrogens with one attached hydrogen (secondary N) is 1. The fourth-order valence-corrected chi connectivity index (χ4v) is 0.727. The second-order valence-corrected chi connectivity index (χ2v) is 2.12. The van der Waals surface area contributed by atoms with E-state index in [-0.39, 0.29) is 0 Å². The summed E-state index contributed by atoms with van der Waals surface area (Å²) in [5.74, 6) is -1.44. The molecule has 64 valence electrons. The summed E-state index contributed by atoms with van der Waals surface area (Å²) in [5, 5.41) is 6.71. The van der Waals surface area contributed by atoms with Crippen LogP contribution >= 0.6 is 0 Å². The van der Waals surface area contributed by atoms with Gasteiger partial charge in [0.2, 0.25) is 12.2 Å². The normalized spacial score (nSPS) is 28.7. The molecule has 0 aromatic rings. The highest BCUT2D eigenvalue weighted by Crippen LogP contribution is 2.09. The van der Waals surface area contributed by atoms with Gasteiger partial charge in [-0.05, 0) is 6.08 Å². The zero-order valence-electron chi connectivity index (χ0n) is 6.15. The van der Waals surface area contributed by atoms with E-state index in [0.717, 1.165) is 0 Å². The van der Waals surface area contributed by atoms with E-state index in [1.54, 1.807) is 0 Å². The summed E-state index contributed by atoms with van der Waals surface area (Å²) < 4.78 is 9.09. The van der Waals surface area contributed by atoms with E-state index in [4.69, 9.17) is 5.41 Å². The highest BCUT2D eigenvalue weighted by molar-refractivity contribution is 5.98. The third-order valence-electron chi connectivity index (χ3n) is 1.32. The summed E-state index contributed by atoms with van der Waals surface area (Å²) >= 11 is 0. The first-order valence-electron chi connectivity index (χ1n) is 3.23. The molecule has 0 aliphatic carbocycles. The van der Waals surface area contributed by atoms with Crippen molar-refractivity contribution in [2.45, 2.75) is 12.2 Å². The summed E-state index contributed by atoms with van der Waals surface area (Å²) in [4.78, 5) is 21.7. The Morgan fingerprint density at radius 1 is 1.25 bits per heavy atom. The minimum absolute atomic E-state index is 0.696. The minimum atomic E-state index is -1.20. The maximum Gasteiger partial charge on any atom is 0.354 e. The Balaban J connectivity index is 2.74. The van der Waals surface area contributed by atoms with E-state index >= 15 is 0 Å². The summed E-state index contributed by atoms with van der Waals surface area (Å²) in [7, 11) is 0. The molecule has 0 amide bonds. The molecule has 12 heavy (non-hydrogen) atoms. The van der Waals surface area contributed by atoms with Gasteiger partial charge in [0, 0.05) is 6.21 Å². The number of rotatable bonds is 2. The zero-order valence-corrected chi connectivity index (χ0v) is 6.15. The molecule has 1 aliphatic rings. The molecule has 0 aromatic carbocycles. The fourth-order valence-electron chi connectivity index (χ4n) is 0.727. The summed E-state index contributed by atoms with van der Waals surface area (Å²) in [6, 6.07) is 0. The number of hydrogen-bond acceptors (Lipinski definition) is 5. The zero-order chi connectivity index (χ0) is 9.14. The molecule has 1 saturated heterocycles. The van der Waals surface area contributed by atoms with Crippen LogP contribution in [0.25, 0.3) is 0 Å². The highest BCUT2D eigenvalue weighted by Gasteiger charge is 2.35. The first-order valence-corrected chi connectivity index (χ1v) is 3.23. The maximum absolute atomic E-state index is 10.9. The van der Waals surface area contributed by atoms with Crippen molar-refractivity contribution in [3.8, 4) is 0 Å². The third kappa shape index (κ3) is 1.34. The molecule has 1 fully saturated rings. The lowest BCUT2D eigenvalue weighted by Crippen LogP contribution is -2.43. The molecule has 0 saturated carbocycles. The van der Waals surface area contributed by atoms with E-state index in [1.165, 1.54) is 6.08 Å². The second-order valence-electron chi connectivity index (χ2n) is 2.12. The lowest BCUT2D eigenvalue weighted by Gasteiger charge is -2.22. The molecule has 2 unspecified atom stereocenters. The summed E-state index contributed by atoms with van der Waals surface area (Å²) in [6.45, 7) is 3.28. The molecule has 2 atom stereocenters. The molecule has 5 nitrogen and oxygen atoms in total. The van der Waals surface area contributed by atoms with Crippen molar-refractivity contribution in [3.63, 3.8) is 0 Å². The Hall–Kier alpha value is -1.65. The molecule has 0 aromatic heterocycles. The van der Waals surface area contributed by atoms with Crippen LogP contribution in [0.15, 0.2) is 12.7 Å². The van der Waals surface area contributed by atoms with Crippen LogP contribution in [0.2, 0.25) is 0 Å². The average molecular weight is 169 g/mol. The third-order valence-corrected chi connectivity index (χ3v) is 1.32. The van der Waals surface area contributed by atoms with Crippen LogP contribution in [0.3, 0.4) is 0 Å². The molecule has 1 heterocycles. The van der Waals surface area contributed by atoms with E-state index < -0.39 is 24.1 Å². The van der Waals surface area contributed by atoms with Crippen LogP contribution in [0, 0.1) is 5.41 Å². The average Bonchev–Trinajstić information content (AvgIpc) is 2.08. The Morgan fingerprint density at radius 3 is 2.25 bits per heavy atom. The lowest BCUT2D eigenvalue weighted by molar-refractivity contribution is -0.185. The standard InChI is InChI=1S/C7H7NO4/c1-2-4-6(9)12-5(3-8)7(10)11-4/h2-5,8H,1H2. The largest absolute Gasteiger partial charge is 0.443 e. The molecule has 1 N–H and O–H groups in total. The molecule has 0 radical (unpaired) electrons. The van der Waals surface area contributed by atoms with Gasteiger partial charge in [0.25, 0.3) is 0 Å². The summed E-state index contributed by atoms with van der Waals surface area (Å²) in [5.41, 5.74) is 0. The smallest absolute Gasteiger partial charge is 0.354 e. The van der Waals surface area contributed by atoms with Crippen molar-refractivity contribution in [2.75, 3.05) is 0 Å². The first kappa shape index (κ1) is 8.45. The minimum Gasteiger partial charge on any atom is -0.443 e. The fraction of sp³-hybridized carbons (Fsp3) is 0.286. The monoisotopic (exact) mass is 169 g/mol. The Bertz CT molecular complexity index is 222. The molecule has 0 spiro atoms. The van der Waals surface area contributed by atoms with Gasteiger partial charge in [-0.25, -0.2) is 9.59 Å². The van der Waals surface area contributed by atoms with Crippen LogP contribution in [0.1, 0.15) is 0 Å². The maximum atomic E-state index is 10.9. The molecular weight excluding hydrogens is 162 g/mol. The molecule has 0 bridgehead atoms. The van der Waals surface area contributed by atoms with Crippen molar-refractivity contribution >= 4 is 18.2 Å². The number of hydrogen-bond donors (Lipinski definition) is 1. The molecular formula is C7H7NO4. The van der Waals surface area contributed by atoms with Crippen LogP contribution < -0.4 is 0 Å². The van der Waals surface area contributed by atoms with Gasteiger partial charge in [0.05, 0.1) is 0 Å². The molecule has 1 rings (SSSR count). The van der Waals surface area contributed by atoms with Crippen LogP contribution in [-0.2, 0) is 19.1 Å². The predicted octanol–water partition coefficient (Wildman–Crippen LogP) is -0.341. The molecule has 5 heteroatoms. The van der Waals surface area contributed by atoms with E-state index in [2.05, 4.69) is 16.1 Å². The van der Waals surface area contributed by atoms with Crippen molar-refractivity contribution in [3.05, 3.63) is 12.7 Å². The Kier molecular flexibility index (Phi) is 2.23. The van der Waals surface area contributed by atoms with Gasteiger partial charge in [0.1, 0.15) is 0 Å². The van der Waals surface area contributed by atoms with E-state index in [0.29, 0.717) is 6.21 Å². The van der Waals surface area contributed by atoms with Gasteiger partial charge in [0.15, 0.2) is 0 Å². The van der Waals surface area contributed by atoms with Crippen molar-refractivity contribution < 1.29 is 19.1 Å². The van der Waals surface area contributed by atoms with Gasteiger partial charge in [-0.1, -0.05) is 6.58 Å². The van der Waals surface area contributed by atoms with E-state index in [9.17, 15) is 9.59 Å². The van der Waals surface area contributed by atoms with Crippen LogP contribution in [-0.4, -0.2) is 30.4 Å². The van der Waals surface area contributed by atoms with E-state index in [1.807, 2.05) is 0 Å². The van der Waals surface area contributed by atoms with Crippen LogP contribution in [0.4, 0.5) is 0 Å². The molecule has 1 aliphatic heterocycles. The lowest BCUT2D eigenvalue weighted by atomic mass is 10.3. The van der Waals surface area contributed by atoms with Crippen molar-refractivity contribution in [1.29, 1.82) is 5.41 Å². The number of esters is 2. The number of carbonyl (C=O) groups is 2. The Morgan fingerprint density at radius 2 is 1.75 bits per heavy atom. The van der Waals surface area contributed by atoms with Gasteiger partial charge in [-0.3, -0.25) is 0 Å². The van der Waals surface area contributed by atoms with Crippen molar-refractivity contribution in [1.82, 2.24) is 0 Å². The van der Waals surface area contributed by atoms with Gasteiger partial charge < -0.3 is 14.9 Å². The van der Waals surface area contributed by atoms with Crippen molar-refractivity contribution in [2.24, 2.45) is 0 Å².